The van der Waals surface area contributed by atoms with Crippen LogP contribution in [0.5, 0.6) is 0 Å². The van der Waals surface area contributed by atoms with E-state index >= 15 is 0 Å². The second kappa shape index (κ2) is 10.5. The van der Waals surface area contributed by atoms with Crippen LogP contribution in [0.4, 0.5) is 0 Å². The van der Waals surface area contributed by atoms with Crippen molar-refractivity contribution in [1.82, 2.24) is 20.1 Å². The summed E-state index contributed by atoms with van der Waals surface area (Å²) in [6, 6.07) is 19.1. The number of nitrogens with zero attached hydrogens (tertiary/aromatic N) is 3. The van der Waals surface area contributed by atoms with Gasteiger partial charge in [0.1, 0.15) is 0 Å². The zero-order valence-electron chi connectivity index (χ0n) is 18.2. The quantitative estimate of drug-likeness (QED) is 0.350. The second-order valence-corrected chi connectivity index (χ2v) is 8.07. The molecule has 1 N–H and O–H groups in total. The number of amides is 1. The first kappa shape index (κ1) is 23.5. The molecule has 0 fully saturated rings. The minimum atomic E-state index is -0.543. The number of rotatable bonds is 7. The molecular weight excluding hydrogens is 475 g/mol. The number of carbonyl (C=O) groups is 2. The van der Waals surface area contributed by atoms with Crippen molar-refractivity contribution in [2.75, 3.05) is 6.61 Å². The predicted octanol–water partition coefficient (Wildman–Crippen LogP) is 5.35. The number of hydrogen-bond donors (Lipinski definition) is 1. The largest absolute Gasteiger partial charge is 0.461 e. The van der Waals surface area contributed by atoms with Crippen LogP contribution in [0.3, 0.4) is 0 Å². The SMILES string of the molecule is CCOC(=O)c1cc(-c2ccc(Cl)cc2Cl)n(-c2ccc(C(=O)NCc3ccccn3)cc2)n1. The molecule has 0 bridgehead atoms. The van der Waals surface area contributed by atoms with E-state index in [2.05, 4.69) is 15.4 Å². The molecule has 34 heavy (non-hydrogen) atoms. The summed E-state index contributed by atoms with van der Waals surface area (Å²) >= 11 is 12.5. The number of esters is 1. The molecule has 0 aliphatic heterocycles. The van der Waals surface area contributed by atoms with Gasteiger partial charge in [0, 0.05) is 22.3 Å². The summed E-state index contributed by atoms with van der Waals surface area (Å²) in [6.07, 6.45) is 1.68. The Hall–Kier alpha value is -3.68. The van der Waals surface area contributed by atoms with E-state index in [4.69, 9.17) is 27.9 Å². The number of benzene rings is 2. The second-order valence-electron chi connectivity index (χ2n) is 7.22. The molecule has 0 aliphatic rings. The van der Waals surface area contributed by atoms with Gasteiger partial charge in [-0.1, -0.05) is 29.3 Å². The standard InChI is InChI=1S/C25H20Cl2N4O3/c1-2-34-25(33)22-14-23(20-11-8-17(26)13-21(20)27)31(30-22)19-9-6-16(7-10-19)24(32)29-15-18-5-3-4-12-28-18/h3-14H,2,15H2,1H3,(H,29,32). The van der Waals surface area contributed by atoms with Crippen molar-refractivity contribution < 1.29 is 14.3 Å². The van der Waals surface area contributed by atoms with Crippen LogP contribution in [0.15, 0.2) is 72.9 Å². The molecule has 0 unspecified atom stereocenters. The molecule has 172 valence electrons. The van der Waals surface area contributed by atoms with Crippen molar-refractivity contribution in [3.05, 3.63) is 99.9 Å². The van der Waals surface area contributed by atoms with E-state index in [1.807, 2.05) is 18.2 Å². The van der Waals surface area contributed by atoms with Crippen LogP contribution in [0, 0.1) is 0 Å². The third-order valence-electron chi connectivity index (χ3n) is 4.93. The fourth-order valence-electron chi connectivity index (χ4n) is 3.30. The topological polar surface area (TPSA) is 86.1 Å². The zero-order valence-corrected chi connectivity index (χ0v) is 19.7. The maximum absolute atomic E-state index is 12.5. The Kier molecular flexibility index (Phi) is 7.25. The van der Waals surface area contributed by atoms with Crippen molar-refractivity contribution in [2.45, 2.75) is 13.5 Å². The van der Waals surface area contributed by atoms with Gasteiger partial charge in [-0.25, -0.2) is 9.48 Å². The molecule has 0 saturated carbocycles. The van der Waals surface area contributed by atoms with Crippen molar-refractivity contribution in [1.29, 1.82) is 0 Å². The predicted molar refractivity (Wildman–Crippen MR) is 130 cm³/mol. The number of pyridine rings is 1. The van der Waals surface area contributed by atoms with Gasteiger partial charge >= 0.3 is 5.97 Å². The number of carbonyl (C=O) groups excluding carboxylic acids is 2. The molecular formula is C25H20Cl2N4O3. The summed E-state index contributed by atoms with van der Waals surface area (Å²) < 4.78 is 6.68. The van der Waals surface area contributed by atoms with Crippen LogP contribution in [0.25, 0.3) is 16.9 Å². The fraction of sp³-hybridized carbons (Fsp3) is 0.120. The Balaban J connectivity index is 1.63. The van der Waals surface area contributed by atoms with Crippen molar-refractivity contribution in [3.8, 4) is 16.9 Å². The molecule has 1 amide bonds. The molecule has 2 heterocycles. The Bertz CT molecular complexity index is 1320. The number of hydrogen-bond acceptors (Lipinski definition) is 5. The highest BCUT2D eigenvalue weighted by Crippen LogP contribution is 2.32. The lowest BCUT2D eigenvalue weighted by Gasteiger charge is -2.10. The summed E-state index contributed by atoms with van der Waals surface area (Å²) in [5, 5.41) is 8.18. The molecule has 0 atom stereocenters. The van der Waals surface area contributed by atoms with Crippen LogP contribution >= 0.6 is 23.2 Å². The van der Waals surface area contributed by atoms with Gasteiger partial charge in [-0.05, 0) is 67.6 Å². The summed E-state index contributed by atoms with van der Waals surface area (Å²) in [6.45, 7) is 2.28. The smallest absolute Gasteiger partial charge is 0.358 e. The van der Waals surface area contributed by atoms with E-state index in [9.17, 15) is 9.59 Å². The molecule has 2 aromatic carbocycles. The summed E-state index contributed by atoms with van der Waals surface area (Å²) in [5.41, 5.74) is 3.24. The number of ether oxygens (including phenoxy) is 1. The molecule has 2 aromatic heterocycles. The first-order valence-electron chi connectivity index (χ1n) is 10.5. The van der Waals surface area contributed by atoms with Gasteiger partial charge in [0.25, 0.3) is 5.91 Å². The van der Waals surface area contributed by atoms with Gasteiger partial charge < -0.3 is 10.1 Å². The molecule has 9 heteroatoms. The first-order chi connectivity index (χ1) is 16.5. The minimum Gasteiger partial charge on any atom is -0.461 e. The Morgan fingerprint density at radius 3 is 2.50 bits per heavy atom. The van der Waals surface area contributed by atoms with Crippen molar-refractivity contribution >= 4 is 35.1 Å². The van der Waals surface area contributed by atoms with E-state index in [0.29, 0.717) is 39.1 Å². The highest BCUT2D eigenvalue weighted by atomic mass is 35.5. The van der Waals surface area contributed by atoms with Crippen LogP contribution in [-0.4, -0.2) is 33.2 Å². The third kappa shape index (κ3) is 5.27. The Labute approximate surface area is 206 Å². The number of aromatic nitrogens is 3. The average Bonchev–Trinajstić information content (AvgIpc) is 3.29. The highest BCUT2D eigenvalue weighted by molar-refractivity contribution is 6.36. The van der Waals surface area contributed by atoms with E-state index in [1.54, 1.807) is 66.3 Å². The highest BCUT2D eigenvalue weighted by Gasteiger charge is 2.19. The summed E-state index contributed by atoms with van der Waals surface area (Å²) in [7, 11) is 0. The van der Waals surface area contributed by atoms with E-state index in [0.717, 1.165) is 5.69 Å². The van der Waals surface area contributed by atoms with Gasteiger partial charge in [0.05, 0.1) is 35.2 Å². The van der Waals surface area contributed by atoms with Crippen LogP contribution in [0.2, 0.25) is 10.0 Å². The van der Waals surface area contributed by atoms with Gasteiger partial charge in [0.2, 0.25) is 0 Å². The van der Waals surface area contributed by atoms with Gasteiger partial charge in [-0.15, -0.1) is 0 Å². The molecule has 7 nitrogen and oxygen atoms in total. The lowest BCUT2D eigenvalue weighted by molar-refractivity contribution is 0.0519. The average molecular weight is 495 g/mol. The molecule has 4 rings (SSSR count). The van der Waals surface area contributed by atoms with E-state index < -0.39 is 5.97 Å². The fourth-order valence-corrected chi connectivity index (χ4v) is 3.81. The van der Waals surface area contributed by atoms with Crippen molar-refractivity contribution in [2.24, 2.45) is 0 Å². The molecule has 0 spiro atoms. The molecule has 0 radical (unpaired) electrons. The minimum absolute atomic E-state index is 0.139. The van der Waals surface area contributed by atoms with Gasteiger partial charge in [-0.2, -0.15) is 5.10 Å². The zero-order chi connectivity index (χ0) is 24.1. The lowest BCUT2D eigenvalue weighted by atomic mass is 10.1. The number of halogens is 2. The van der Waals surface area contributed by atoms with Crippen molar-refractivity contribution in [3.63, 3.8) is 0 Å². The molecule has 0 aliphatic carbocycles. The molecule has 0 saturated heterocycles. The Morgan fingerprint density at radius 2 is 1.82 bits per heavy atom. The third-order valence-corrected chi connectivity index (χ3v) is 5.48. The Morgan fingerprint density at radius 1 is 1.03 bits per heavy atom. The first-order valence-corrected chi connectivity index (χ1v) is 11.2. The van der Waals surface area contributed by atoms with Gasteiger partial charge in [0.15, 0.2) is 5.69 Å². The van der Waals surface area contributed by atoms with Crippen LogP contribution < -0.4 is 5.32 Å². The lowest BCUT2D eigenvalue weighted by Crippen LogP contribution is -2.23. The van der Waals surface area contributed by atoms with E-state index in [-0.39, 0.29) is 18.2 Å². The summed E-state index contributed by atoms with van der Waals surface area (Å²) in [5.74, 6) is -0.774. The van der Waals surface area contributed by atoms with Crippen LogP contribution in [-0.2, 0) is 11.3 Å². The van der Waals surface area contributed by atoms with Crippen LogP contribution in [0.1, 0.15) is 33.5 Å². The maximum Gasteiger partial charge on any atom is 0.358 e. The van der Waals surface area contributed by atoms with Gasteiger partial charge in [-0.3, -0.25) is 9.78 Å². The summed E-state index contributed by atoms with van der Waals surface area (Å²) in [4.78, 5) is 29.1. The monoisotopic (exact) mass is 494 g/mol. The maximum atomic E-state index is 12.5. The number of nitrogens with one attached hydrogen (secondary N) is 1. The molecule has 4 aromatic rings. The van der Waals surface area contributed by atoms with E-state index in [1.165, 1.54) is 0 Å². The normalized spacial score (nSPS) is 10.7.